The van der Waals surface area contributed by atoms with Gasteiger partial charge in [-0.25, -0.2) is 0 Å². The van der Waals surface area contributed by atoms with Gasteiger partial charge in [0.1, 0.15) is 5.75 Å². The second-order valence-electron chi connectivity index (χ2n) is 6.47. The summed E-state index contributed by atoms with van der Waals surface area (Å²) in [5.41, 5.74) is 7.47. The Bertz CT molecular complexity index is 458. The fourth-order valence-corrected chi connectivity index (χ4v) is 3.64. The van der Waals surface area contributed by atoms with Crippen molar-refractivity contribution in [3.8, 4) is 5.75 Å². The summed E-state index contributed by atoms with van der Waals surface area (Å²) in [5, 5.41) is 0. The molecule has 3 heteroatoms. The summed E-state index contributed by atoms with van der Waals surface area (Å²) in [6.45, 7) is 4.95. The van der Waals surface area contributed by atoms with Crippen LogP contribution in [-0.2, 0) is 0 Å². The van der Waals surface area contributed by atoms with Crippen LogP contribution in [0.15, 0.2) is 24.3 Å². The van der Waals surface area contributed by atoms with Crippen molar-refractivity contribution >= 4 is 0 Å². The minimum Gasteiger partial charge on any atom is -0.494 e. The van der Waals surface area contributed by atoms with Gasteiger partial charge in [-0.05, 0) is 68.8 Å². The highest BCUT2D eigenvalue weighted by atomic mass is 16.5. The maximum atomic E-state index is 6.07. The largest absolute Gasteiger partial charge is 0.494 e. The molecule has 0 radical (unpaired) electrons. The highest BCUT2D eigenvalue weighted by molar-refractivity contribution is 5.31. The van der Waals surface area contributed by atoms with Crippen molar-refractivity contribution in [2.24, 2.45) is 11.7 Å². The molecule has 0 bridgehead atoms. The second-order valence-corrected chi connectivity index (χ2v) is 6.47. The van der Waals surface area contributed by atoms with Crippen LogP contribution in [0.1, 0.15) is 50.6 Å². The lowest BCUT2D eigenvalue weighted by molar-refractivity contribution is 0.0877. The van der Waals surface area contributed by atoms with Crippen LogP contribution in [0, 0.1) is 5.92 Å². The molecule has 0 aromatic heterocycles. The van der Waals surface area contributed by atoms with Crippen molar-refractivity contribution in [2.75, 3.05) is 19.7 Å². The summed E-state index contributed by atoms with van der Waals surface area (Å²) in [6.07, 6.45) is 6.32. The van der Waals surface area contributed by atoms with Crippen LogP contribution in [0.3, 0.4) is 0 Å². The second kappa shape index (κ2) is 6.80. The first kappa shape index (κ1) is 14.9. The van der Waals surface area contributed by atoms with Gasteiger partial charge in [0.25, 0.3) is 0 Å². The summed E-state index contributed by atoms with van der Waals surface area (Å²) < 4.78 is 5.82. The molecule has 1 aliphatic heterocycles. The van der Waals surface area contributed by atoms with E-state index >= 15 is 0 Å². The molecular weight excluding hydrogens is 260 g/mol. The minimum absolute atomic E-state index is 0.487. The van der Waals surface area contributed by atoms with Gasteiger partial charge in [0, 0.05) is 12.1 Å². The molecule has 2 N–H and O–H groups in total. The molecule has 1 saturated carbocycles. The maximum Gasteiger partial charge on any atom is 0.119 e. The summed E-state index contributed by atoms with van der Waals surface area (Å²) in [5.74, 6) is 1.59. The van der Waals surface area contributed by atoms with Crippen molar-refractivity contribution in [3.05, 3.63) is 29.8 Å². The van der Waals surface area contributed by atoms with Crippen molar-refractivity contribution in [1.82, 2.24) is 4.90 Å². The van der Waals surface area contributed by atoms with Gasteiger partial charge in [0.05, 0.1) is 6.61 Å². The van der Waals surface area contributed by atoms with Crippen molar-refractivity contribution in [3.63, 3.8) is 0 Å². The van der Waals surface area contributed by atoms with Crippen molar-refractivity contribution in [2.45, 2.75) is 51.1 Å². The maximum absolute atomic E-state index is 6.07. The minimum atomic E-state index is 0.487. The molecule has 1 aromatic rings. The summed E-state index contributed by atoms with van der Waals surface area (Å²) in [7, 11) is 0. The first-order valence-corrected chi connectivity index (χ1v) is 8.52. The Labute approximate surface area is 128 Å². The van der Waals surface area contributed by atoms with Crippen LogP contribution in [0.25, 0.3) is 0 Å². The number of hydrogen-bond donors (Lipinski definition) is 1. The zero-order valence-corrected chi connectivity index (χ0v) is 13.1. The lowest BCUT2D eigenvalue weighted by Crippen LogP contribution is -2.42. The molecule has 3 nitrogen and oxygen atoms in total. The van der Waals surface area contributed by atoms with Crippen LogP contribution in [-0.4, -0.2) is 30.6 Å². The molecule has 21 heavy (non-hydrogen) atoms. The van der Waals surface area contributed by atoms with Gasteiger partial charge in [-0.15, -0.1) is 0 Å². The Balaban J connectivity index is 1.83. The van der Waals surface area contributed by atoms with E-state index in [4.69, 9.17) is 10.5 Å². The van der Waals surface area contributed by atoms with Crippen molar-refractivity contribution < 1.29 is 4.74 Å². The normalized spacial score (nSPS) is 26.8. The van der Waals surface area contributed by atoms with Gasteiger partial charge in [0.15, 0.2) is 0 Å². The fourth-order valence-electron chi connectivity index (χ4n) is 3.64. The van der Waals surface area contributed by atoms with Crippen LogP contribution in [0.5, 0.6) is 5.75 Å². The lowest BCUT2D eigenvalue weighted by Gasteiger charge is -2.41. The molecule has 1 saturated heterocycles. The zero-order chi connectivity index (χ0) is 14.7. The first-order valence-electron chi connectivity index (χ1n) is 8.52. The van der Waals surface area contributed by atoms with E-state index in [2.05, 4.69) is 36.1 Å². The third-order valence-electron chi connectivity index (χ3n) is 4.79. The van der Waals surface area contributed by atoms with E-state index in [0.29, 0.717) is 12.0 Å². The number of nitrogens with two attached hydrogens (primary N) is 1. The number of rotatable bonds is 6. The first-order chi connectivity index (χ1) is 10.3. The lowest BCUT2D eigenvalue weighted by atomic mass is 9.84. The number of likely N-dealkylation sites (tertiary alicyclic amines) is 1. The Morgan fingerprint density at radius 2 is 2.14 bits per heavy atom. The highest BCUT2D eigenvalue weighted by Crippen LogP contribution is 2.43. The van der Waals surface area contributed by atoms with E-state index < -0.39 is 0 Å². The van der Waals surface area contributed by atoms with Crippen molar-refractivity contribution in [1.29, 1.82) is 0 Å². The molecular formula is C18H28N2O. The smallest absolute Gasteiger partial charge is 0.119 e. The number of nitrogens with zero attached hydrogens (tertiary/aromatic N) is 1. The fraction of sp³-hybridized carbons (Fsp3) is 0.667. The predicted molar refractivity (Wildman–Crippen MR) is 86.5 cm³/mol. The SMILES string of the molecule is CCCOc1cccc(C2C(CN)CCCN2C2CC2)c1. The quantitative estimate of drug-likeness (QED) is 0.872. The van der Waals surface area contributed by atoms with Crippen LogP contribution < -0.4 is 10.5 Å². The molecule has 0 spiro atoms. The Morgan fingerprint density at radius 3 is 2.86 bits per heavy atom. The summed E-state index contributed by atoms with van der Waals surface area (Å²) >= 11 is 0. The molecule has 116 valence electrons. The average Bonchev–Trinajstić information content (AvgIpc) is 3.37. The Kier molecular flexibility index (Phi) is 4.81. The molecule has 1 aliphatic carbocycles. The topological polar surface area (TPSA) is 38.5 Å². The number of hydrogen-bond acceptors (Lipinski definition) is 3. The molecule has 2 unspecified atom stereocenters. The van der Waals surface area contributed by atoms with Crippen LogP contribution >= 0.6 is 0 Å². The summed E-state index contributed by atoms with van der Waals surface area (Å²) in [4.78, 5) is 2.71. The Hall–Kier alpha value is -1.06. The standard InChI is InChI=1S/C18H28N2O/c1-2-11-21-17-7-3-5-14(12-17)18-15(13-19)6-4-10-20(18)16-8-9-16/h3,5,7,12,15-16,18H,2,4,6,8-11,13,19H2,1H3. The van der Waals surface area contributed by atoms with Crippen LogP contribution in [0.4, 0.5) is 0 Å². The van der Waals surface area contributed by atoms with Gasteiger partial charge in [-0.1, -0.05) is 19.1 Å². The van der Waals surface area contributed by atoms with E-state index in [9.17, 15) is 0 Å². The van der Waals surface area contributed by atoms with Gasteiger partial charge in [-0.3, -0.25) is 4.90 Å². The van der Waals surface area contributed by atoms with E-state index in [1.807, 2.05) is 0 Å². The average molecular weight is 288 g/mol. The van der Waals surface area contributed by atoms with E-state index in [1.165, 1.54) is 37.8 Å². The molecule has 1 heterocycles. The Morgan fingerprint density at radius 1 is 1.29 bits per heavy atom. The highest BCUT2D eigenvalue weighted by Gasteiger charge is 2.39. The van der Waals surface area contributed by atoms with Gasteiger partial charge in [-0.2, -0.15) is 0 Å². The number of piperidine rings is 1. The molecule has 2 atom stereocenters. The third-order valence-corrected chi connectivity index (χ3v) is 4.79. The van der Waals surface area contributed by atoms with Crippen LogP contribution in [0.2, 0.25) is 0 Å². The monoisotopic (exact) mass is 288 g/mol. The predicted octanol–water partition coefficient (Wildman–Crippen LogP) is 3.35. The van der Waals surface area contributed by atoms with E-state index in [1.54, 1.807) is 0 Å². The van der Waals surface area contributed by atoms with E-state index in [-0.39, 0.29) is 0 Å². The number of ether oxygens (including phenoxy) is 1. The molecule has 2 fully saturated rings. The van der Waals surface area contributed by atoms with Gasteiger partial charge < -0.3 is 10.5 Å². The number of benzene rings is 1. The van der Waals surface area contributed by atoms with Gasteiger partial charge in [0.2, 0.25) is 0 Å². The third kappa shape index (κ3) is 3.41. The molecule has 1 aromatic carbocycles. The van der Waals surface area contributed by atoms with E-state index in [0.717, 1.165) is 31.4 Å². The zero-order valence-electron chi connectivity index (χ0n) is 13.1. The van der Waals surface area contributed by atoms with Gasteiger partial charge >= 0.3 is 0 Å². The molecule has 3 rings (SSSR count). The molecule has 2 aliphatic rings. The summed E-state index contributed by atoms with van der Waals surface area (Å²) in [6, 6.07) is 9.98. The molecule has 0 amide bonds.